The van der Waals surface area contributed by atoms with Gasteiger partial charge < -0.3 is 10.4 Å². The highest BCUT2D eigenvalue weighted by Gasteiger charge is 2.05. The Labute approximate surface area is 188 Å². The van der Waals surface area contributed by atoms with Crippen LogP contribution in [-0.4, -0.2) is 11.1 Å². The summed E-state index contributed by atoms with van der Waals surface area (Å²) in [5, 5.41) is 11.9. The Morgan fingerprint density at radius 2 is 1.55 bits per heavy atom. The zero-order chi connectivity index (χ0) is 22.0. The van der Waals surface area contributed by atoms with E-state index >= 15 is 0 Å². The average Bonchev–Trinajstić information content (AvgIpc) is 3.02. The van der Waals surface area contributed by atoms with Crippen molar-refractivity contribution >= 4 is 17.7 Å². The lowest BCUT2D eigenvalue weighted by Gasteiger charge is -2.10. The highest BCUT2D eigenvalue weighted by atomic mass is 16.4. The molecule has 1 aliphatic heterocycles. The number of carbonyl (C=O) groups is 1. The summed E-state index contributed by atoms with van der Waals surface area (Å²) in [4.78, 5) is 10.4. The first-order chi connectivity index (χ1) is 15.3. The summed E-state index contributed by atoms with van der Waals surface area (Å²) in [5.74, 6) is -0.676. The van der Waals surface area contributed by atoms with Crippen molar-refractivity contribution in [2.45, 2.75) is 83.5 Å². The van der Waals surface area contributed by atoms with Gasteiger partial charge in [0.1, 0.15) is 0 Å². The number of aliphatic carboxylic acids is 1. The molecule has 0 saturated heterocycles. The number of unbranched alkanes of at least 4 members (excludes halogenated alkanes) is 8. The van der Waals surface area contributed by atoms with Gasteiger partial charge in [-0.1, -0.05) is 74.3 Å². The van der Waals surface area contributed by atoms with Crippen LogP contribution in [0.2, 0.25) is 0 Å². The highest BCUT2D eigenvalue weighted by molar-refractivity contribution is 5.72. The monoisotopic (exact) mass is 421 g/mol. The molecule has 0 spiro atoms. The average molecular weight is 422 g/mol. The van der Waals surface area contributed by atoms with Crippen molar-refractivity contribution < 1.29 is 9.90 Å². The fourth-order valence-electron chi connectivity index (χ4n) is 3.83. The summed E-state index contributed by atoms with van der Waals surface area (Å²) in [6, 6.07) is 6.54. The van der Waals surface area contributed by atoms with Crippen molar-refractivity contribution in [3.8, 4) is 0 Å². The van der Waals surface area contributed by atoms with E-state index in [1.807, 2.05) is 12.3 Å². The minimum absolute atomic E-state index is 0.314. The van der Waals surface area contributed by atoms with E-state index in [-0.39, 0.29) is 0 Å². The van der Waals surface area contributed by atoms with Gasteiger partial charge in [0.15, 0.2) is 0 Å². The maximum absolute atomic E-state index is 10.4. The standard InChI is InChI=1S/C28H39NO2/c30-28(31)23-15-13-11-9-7-5-3-1-2-4-6-8-10-12-14-19-25-20-18-22-27-26(25)21-16-17-24-29-27/h1,3-4,6,16-18,20-22,24,29H,2,5,7-15,19,23H2,(H,30,31)/b3-1-,6-4-. The maximum Gasteiger partial charge on any atom is 0.303 e. The molecular formula is C28H39NO2. The number of benzene rings is 1. The fraction of sp³-hybridized carbons (Fsp3) is 0.464. The van der Waals surface area contributed by atoms with E-state index in [1.165, 1.54) is 55.3 Å². The lowest BCUT2D eigenvalue weighted by Crippen LogP contribution is -1.95. The zero-order valence-corrected chi connectivity index (χ0v) is 18.9. The molecule has 1 aromatic rings. The van der Waals surface area contributed by atoms with Crippen LogP contribution in [0.1, 0.15) is 88.2 Å². The van der Waals surface area contributed by atoms with Gasteiger partial charge in [0, 0.05) is 23.9 Å². The predicted octanol–water partition coefficient (Wildman–Crippen LogP) is 8.06. The van der Waals surface area contributed by atoms with Gasteiger partial charge >= 0.3 is 5.97 Å². The molecule has 0 unspecified atom stereocenters. The van der Waals surface area contributed by atoms with Gasteiger partial charge in [-0.3, -0.25) is 4.79 Å². The Balaban J connectivity index is 1.44. The van der Waals surface area contributed by atoms with E-state index < -0.39 is 5.97 Å². The largest absolute Gasteiger partial charge is 0.481 e. The van der Waals surface area contributed by atoms with Crippen LogP contribution in [-0.2, 0) is 11.2 Å². The van der Waals surface area contributed by atoms with Gasteiger partial charge in [-0.05, 0) is 69.1 Å². The van der Waals surface area contributed by atoms with Crippen LogP contribution < -0.4 is 5.32 Å². The van der Waals surface area contributed by atoms with Crippen molar-refractivity contribution in [1.82, 2.24) is 0 Å². The van der Waals surface area contributed by atoms with Crippen LogP contribution in [0.3, 0.4) is 0 Å². The molecule has 168 valence electrons. The van der Waals surface area contributed by atoms with Gasteiger partial charge in [0.2, 0.25) is 0 Å². The summed E-state index contributed by atoms with van der Waals surface area (Å²) in [6.45, 7) is 0. The van der Waals surface area contributed by atoms with E-state index in [0.29, 0.717) is 6.42 Å². The molecule has 0 fully saturated rings. The lowest BCUT2D eigenvalue weighted by atomic mass is 9.99. The van der Waals surface area contributed by atoms with Crippen LogP contribution in [0.4, 0.5) is 5.69 Å². The van der Waals surface area contributed by atoms with Gasteiger partial charge in [-0.2, -0.15) is 0 Å². The van der Waals surface area contributed by atoms with E-state index in [9.17, 15) is 4.79 Å². The molecule has 1 heterocycles. The third kappa shape index (κ3) is 11.4. The Morgan fingerprint density at radius 3 is 2.32 bits per heavy atom. The van der Waals surface area contributed by atoms with Crippen LogP contribution in [0, 0.1) is 0 Å². The van der Waals surface area contributed by atoms with Crippen molar-refractivity contribution in [2.24, 2.45) is 0 Å². The van der Waals surface area contributed by atoms with Crippen molar-refractivity contribution in [1.29, 1.82) is 0 Å². The number of nitrogens with one attached hydrogen (secondary N) is 1. The second kappa shape index (κ2) is 16.2. The molecule has 2 rings (SSSR count). The van der Waals surface area contributed by atoms with Crippen molar-refractivity contribution in [3.63, 3.8) is 0 Å². The zero-order valence-electron chi connectivity index (χ0n) is 18.9. The molecule has 3 nitrogen and oxygen atoms in total. The lowest BCUT2D eigenvalue weighted by molar-refractivity contribution is -0.137. The Kier molecular flexibility index (Phi) is 12.9. The quantitative estimate of drug-likeness (QED) is 0.210. The molecule has 0 aliphatic carbocycles. The highest BCUT2D eigenvalue weighted by Crippen LogP contribution is 2.25. The Morgan fingerprint density at radius 1 is 0.839 bits per heavy atom. The summed E-state index contributed by atoms with van der Waals surface area (Å²) in [7, 11) is 0. The smallest absolute Gasteiger partial charge is 0.303 e. The van der Waals surface area contributed by atoms with E-state index in [1.54, 1.807) is 0 Å². The second-order valence-electron chi connectivity index (χ2n) is 8.22. The molecule has 0 atom stereocenters. The van der Waals surface area contributed by atoms with Gasteiger partial charge in [0.05, 0.1) is 0 Å². The van der Waals surface area contributed by atoms with Crippen LogP contribution in [0.25, 0.3) is 6.08 Å². The van der Waals surface area contributed by atoms with Gasteiger partial charge in [-0.25, -0.2) is 0 Å². The molecule has 2 N–H and O–H groups in total. The molecule has 3 heteroatoms. The Bertz CT molecular complexity index is 758. The minimum atomic E-state index is -0.676. The number of allylic oxidation sites excluding steroid dienone is 6. The molecule has 1 aliphatic rings. The fourth-order valence-corrected chi connectivity index (χ4v) is 3.83. The minimum Gasteiger partial charge on any atom is -0.481 e. The molecule has 0 saturated carbocycles. The maximum atomic E-state index is 10.4. The molecule has 31 heavy (non-hydrogen) atoms. The van der Waals surface area contributed by atoms with E-state index in [4.69, 9.17) is 5.11 Å². The first kappa shape index (κ1) is 24.7. The van der Waals surface area contributed by atoms with Crippen LogP contribution in [0.15, 0.2) is 60.9 Å². The number of carboxylic acids is 1. The van der Waals surface area contributed by atoms with Crippen molar-refractivity contribution in [3.05, 3.63) is 72.0 Å². The molecule has 0 radical (unpaired) electrons. The van der Waals surface area contributed by atoms with Crippen molar-refractivity contribution in [2.75, 3.05) is 5.32 Å². The number of fused-ring (bicyclic) bond motifs is 1. The number of hydrogen-bond donors (Lipinski definition) is 2. The number of rotatable bonds is 16. The molecule has 0 aromatic heterocycles. The van der Waals surface area contributed by atoms with Gasteiger partial charge in [-0.15, -0.1) is 0 Å². The van der Waals surface area contributed by atoms with E-state index in [2.05, 4.69) is 60.0 Å². The third-order valence-electron chi connectivity index (χ3n) is 5.59. The number of anilines is 1. The second-order valence-corrected chi connectivity index (χ2v) is 8.22. The first-order valence-corrected chi connectivity index (χ1v) is 12.0. The summed E-state index contributed by atoms with van der Waals surface area (Å²) < 4.78 is 0. The molecule has 1 aromatic carbocycles. The summed E-state index contributed by atoms with van der Waals surface area (Å²) in [6.07, 6.45) is 31.5. The Hall–Kier alpha value is -2.55. The molecule has 0 amide bonds. The number of carboxylic acid groups (broad SMARTS) is 1. The summed E-state index contributed by atoms with van der Waals surface area (Å²) in [5.41, 5.74) is 3.97. The predicted molar refractivity (Wildman–Crippen MR) is 133 cm³/mol. The number of aryl methyl sites for hydroxylation is 1. The summed E-state index contributed by atoms with van der Waals surface area (Å²) >= 11 is 0. The van der Waals surface area contributed by atoms with E-state index in [0.717, 1.165) is 38.5 Å². The number of hydrogen-bond acceptors (Lipinski definition) is 2. The van der Waals surface area contributed by atoms with Crippen LogP contribution >= 0.6 is 0 Å². The topological polar surface area (TPSA) is 49.3 Å². The normalized spacial score (nSPS) is 12.9. The molecular weight excluding hydrogens is 382 g/mol. The first-order valence-electron chi connectivity index (χ1n) is 12.0. The SMILES string of the molecule is O=C(O)CCCCCCC/C=C\C/C=C\CCCCCc1cccc2c1C=CC=CN2. The van der Waals surface area contributed by atoms with Gasteiger partial charge in [0.25, 0.3) is 0 Å². The van der Waals surface area contributed by atoms with Crippen LogP contribution in [0.5, 0.6) is 0 Å². The third-order valence-corrected chi connectivity index (χ3v) is 5.59. The molecule has 0 bridgehead atoms.